The molecule has 0 heterocycles. The Bertz CT molecular complexity index is 1270. The Morgan fingerprint density at radius 2 is 0.941 bits per heavy atom. The van der Waals surface area contributed by atoms with Gasteiger partial charge in [-0.3, -0.25) is 0 Å². The van der Waals surface area contributed by atoms with Crippen molar-refractivity contribution in [1.82, 2.24) is 0 Å². The first-order chi connectivity index (χ1) is 14.7. The molecule has 0 aliphatic rings. The van der Waals surface area contributed by atoms with Gasteiger partial charge in [-0.2, -0.15) is 26.3 Å². The molecule has 0 atom stereocenters. The van der Waals surface area contributed by atoms with Crippen LogP contribution in [0.1, 0.15) is 11.1 Å². The van der Waals surface area contributed by atoms with Crippen molar-refractivity contribution in [2.24, 2.45) is 0 Å². The van der Waals surface area contributed by atoms with Gasteiger partial charge in [0.15, 0.2) is 19.7 Å². The van der Waals surface area contributed by atoms with Crippen molar-refractivity contribution in [2.75, 3.05) is 9.75 Å². The largest absolute Gasteiger partial charge is 1.00 e. The van der Waals surface area contributed by atoms with Crippen LogP contribution in [0.3, 0.4) is 0 Å². The molecule has 0 fully saturated rings. The van der Waals surface area contributed by atoms with Gasteiger partial charge in [0.2, 0.25) is 0 Å². The van der Waals surface area contributed by atoms with Gasteiger partial charge in [0, 0.05) is 0 Å². The third kappa shape index (κ3) is 10.5. The minimum absolute atomic E-state index is 0. The third-order valence-corrected chi connectivity index (χ3v) is 10.00. The number of alkyl halides is 7. The number of rotatable bonds is 5. The van der Waals surface area contributed by atoms with Crippen LogP contribution in [0.25, 0.3) is 0 Å². The Hall–Kier alpha value is -0.690. The summed E-state index contributed by atoms with van der Waals surface area (Å²) in [5, 5.41) is -1.69. The van der Waals surface area contributed by atoms with Crippen LogP contribution in [0.15, 0.2) is 58.3 Å². The standard InChI is InChI=1S/C8H6BrF3O2S.C8H7F3O5S2.Na/c9-5-15(13,14)7-3-1-6(2-4-7)8(10,11)12;9-8(10,11)6-1-3-7(4-2-6)17(12,13)5-18(14,15)16;/h1-4H,5H2;1-4H,5H2,(H,14,15,16);/q;;+1/p-1. The van der Waals surface area contributed by atoms with Crippen molar-refractivity contribution in [3.8, 4) is 0 Å². The molecule has 2 rings (SSSR count). The second-order valence-corrected chi connectivity index (χ2v) is 13.1. The van der Waals surface area contributed by atoms with Gasteiger partial charge in [0.05, 0.1) is 20.9 Å². The monoisotopic (exact) mass is 628 g/mol. The maximum absolute atomic E-state index is 12.2. The summed E-state index contributed by atoms with van der Waals surface area (Å²) < 4.78 is 149. The fourth-order valence-electron chi connectivity index (χ4n) is 2.02. The molecule has 0 amide bonds. The molecular weight excluding hydrogens is 617 g/mol. The van der Waals surface area contributed by atoms with Crippen LogP contribution in [-0.2, 0) is 42.1 Å². The topological polar surface area (TPSA) is 125 Å². The van der Waals surface area contributed by atoms with Gasteiger partial charge >= 0.3 is 41.9 Å². The van der Waals surface area contributed by atoms with Crippen molar-refractivity contribution in [3.05, 3.63) is 59.7 Å². The Labute approximate surface area is 221 Å². The summed E-state index contributed by atoms with van der Waals surface area (Å²) in [5.41, 5.74) is -1.94. The van der Waals surface area contributed by atoms with Gasteiger partial charge in [0.25, 0.3) is 0 Å². The van der Waals surface area contributed by atoms with E-state index < -0.39 is 63.3 Å². The third-order valence-electron chi connectivity index (χ3n) is 3.52. The predicted octanol–water partition coefficient (Wildman–Crippen LogP) is 0.817. The minimum atomic E-state index is -5.03. The Morgan fingerprint density at radius 1 is 0.647 bits per heavy atom. The fourth-order valence-corrected chi connectivity index (χ4v) is 6.11. The fraction of sp³-hybridized carbons (Fsp3) is 0.250. The molecule has 2 aromatic rings. The first-order valence-corrected chi connectivity index (χ1v) is 14.0. The van der Waals surface area contributed by atoms with Gasteiger partial charge in [-0.1, -0.05) is 15.9 Å². The molecule has 0 saturated carbocycles. The van der Waals surface area contributed by atoms with Crippen LogP contribution in [-0.4, -0.2) is 39.6 Å². The van der Waals surface area contributed by atoms with E-state index in [9.17, 15) is 56.1 Å². The Morgan fingerprint density at radius 3 is 1.18 bits per heavy atom. The Balaban J connectivity index is 0.000000632. The van der Waals surface area contributed by atoms with E-state index in [4.69, 9.17) is 0 Å². The molecule has 2 aromatic carbocycles. The van der Waals surface area contributed by atoms with E-state index in [1.807, 2.05) is 0 Å². The molecule has 0 aliphatic carbocycles. The van der Waals surface area contributed by atoms with Gasteiger partial charge in [-0.25, -0.2) is 25.3 Å². The first kappa shape index (κ1) is 33.3. The molecule has 7 nitrogen and oxygen atoms in total. The summed E-state index contributed by atoms with van der Waals surface area (Å²) in [7, 11) is -13.0. The van der Waals surface area contributed by atoms with Crippen LogP contribution in [0.2, 0.25) is 0 Å². The molecule has 0 N–H and O–H groups in total. The summed E-state index contributed by atoms with van der Waals surface area (Å²) >= 11 is 2.76. The molecule has 0 saturated heterocycles. The van der Waals surface area contributed by atoms with Crippen LogP contribution in [0, 0.1) is 0 Å². The number of sulfone groups is 2. The van der Waals surface area contributed by atoms with E-state index >= 15 is 0 Å². The summed E-state index contributed by atoms with van der Waals surface area (Å²) in [6.45, 7) is 0. The second-order valence-electron chi connectivity index (χ2n) is 6.06. The van der Waals surface area contributed by atoms with Crippen molar-refractivity contribution < 1.29 is 85.7 Å². The maximum Gasteiger partial charge on any atom is 1.00 e. The molecule has 0 aromatic heterocycles. The van der Waals surface area contributed by atoms with Crippen molar-refractivity contribution >= 4 is 45.7 Å². The Kier molecular flexibility index (Phi) is 11.8. The quantitative estimate of drug-likeness (QED) is 0.208. The van der Waals surface area contributed by atoms with E-state index in [0.717, 1.165) is 24.3 Å². The van der Waals surface area contributed by atoms with Crippen LogP contribution in [0.5, 0.6) is 0 Å². The van der Waals surface area contributed by atoms with Crippen LogP contribution < -0.4 is 29.6 Å². The molecule has 0 spiro atoms. The summed E-state index contributed by atoms with van der Waals surface area (Å²) in [5.74, 6) is 0. The van der Waals surface area contributed by atoms with Crippen LogP contribution in [0.4, 0.5) is 26.3 Å². The zero-order chi connectivity index (χ0) is 25.9. The van der Waals surface area contributed by atoms with Gasteiger partial charge in [-0.05, 0) is 48.5 Å². The number of halogens is 7. The molecule has 0 radical (unpaired) electrons. The first-order valence-electron chi connectivity index (χ1n) is 7.98. The average molecular weight is 629 g/mol. The number of benzene rings is 2. The molecule has 186 valence electrons. The minimum Gasteiger partial charge on any atom is -0.747 e. The molecule has 18 heteroatoms. The van der Waals surface area contributed by atoms with Crippen molar-refractivity contribution in [2.45, 2.75) is 22.1 Å². The van der Waals surface area contributed by atoms with Gasteiger partial charge < -0.3 is 4.55 Å². The smallest absolute Gasteiger partial charge is 0.747 e. The molecule has 0 aliphatic heterocycles. The predicted molar refractivity (Wildman–Crippen MR) is 106 cm³/mol. The second kappa shape index (κ2) is 12.0. The van der Waals surface area contributed by atoms with Gasteiger partial charge in [0.1, 0.15) is 19.9 Å². The summed E-state index contributed by atoms with van der Waals surface area (Å²) in [6, 6.07) is 5.56. The van der Waals surface area contributed by atoms with Crippen LogP contribution >= 0.6 is 15.9 Å². The van der Waals surface area contributed by atoms with E-state index in [1.54, 1.807) is 0 Å². The normalized spacial score (nSPS) is 12.8. The number of hydrogen-bond donors (Lipinski definition) is 0. The molecule has 0 bridgehead atoms. The van der Waals surface area contributed by atoms with E-state index in [1.165, 1.54) is 0 Å². The summed E-state index contributed by atoms with van der Waals surface area (Å²) in [6.07, 6.45) is -9.08. The van der Waals surface area contributed by atoms with E-state index in [-0.39, 0.29) is 39.1 Å². The SMILES string of the molecule is O=S(=O)(CBr)c1ccc(C(F)(F)F)cc1.O=S(=O)([O-])CS(=O)(=O)c1ccc(C(F)(F)F)cc1.[Na+]. The molecule has 0 unspecified atom stereocenters. The summed E-state index contributed by atoms with van der Waals surface area (Å²) in [4.78, 5) is -0.790. The number of hydrogen-bond acceptors (Lipinski definition) is 7. The van der Waals surface area contributed by atoms with Crippen molar-refractivity contribution in [1.29, 1.82) is 0 Å². The zero-order valence-electron chi connectivity index (χ0n) is 16.8. The molecule has 34 heavy (non-hydrogen) atoms. The maximum atomic E-state index is 12.2. The van der Waals surface area contributed by atoms with E-state index in [0.29, 0.717) is 24.3 Å². The van der Waals surface area contributed by atoms with Gasteiger partial charge in [-0.15, -0.1) is 0 Å². The zero-order valence-corrected chi connectivity index (χ0v) is 22.8. The average Bonchev–Trinajstić information content (AvgIpc) is 2.65. The van der Waals surface area contributed by atoms with E-state index in [2.05, 4.69) is 15.9 Å². The van der Waals surface area contributed by atoms with Crippen molar-refractivity contribution in [3.63, 3.8) is 0 Å². The molecular formula is C16H12BrF6NaO7S3.